The molecule has 0 saturated heterocycles. The van der Waals surface area contributed by atoms with Crippen LogP contribution in [-0.4, -0.2) is 11.6 Å². The van der Waals surface area contributed by atoms with Crippen LogP contribution in [0, 0.1) is 5.41 Å². The number of carbonyl (C=O) groups is 1. The van der Waals surface area contributed by atoms with Crippen LogP contribution in [0.4, 0.5) is 0 Å². The Hall–Kier alpha value is -2.29. The van der Waals surface area contributed by atoms with E-state index in [-0.39, 0.29) is 11.6 Å². The SMILES string of the molecule is CCC(C)(C)Oc1ccc(-c2ccc(OC(=O)C(C)(C)C)cc2)cc1. The molecule has 2 aromatic carbocycles. The average Bonchev–Trinajstić information content (AvgIpc) is 2.55. The van der Waals surface area contributed by atoms with E-state index in [0.29, 0.717) is 5.75 Å². The van der Waals surface area contributed by atoms with Crippen LogP contribution in [0.5, 0.6) is 11.5 Å². The number of rotatable bonds is 5. The van der Waals surface area contributed by atoms with E-state index in [9.17, 15) is 4.79 Å². The van der Waals surface area contributed by atoms with Crippen LogP contribution in [0.3, 0.4) is 0 Å². The Morgan fingerprint density at radius 1 is 0.800 bits per heavy atom. The van der Waals surface area contributed by atoms with Crippen LogP contribution in [0.25, 0.3) is 11.1 Å². The minimum absolute atomic E-state index is 0.167. The Balaban J connectivity index is 2.08. The summed E-state index contributed by atoms with van der Waals surface area (Å²) >= 11 is 0. The largest absolute Gasteiger partial charge is 0.488 e. The Labute approximate surface area is 151 Å². The van der Waals surface area contributed by atoms with Crippen molar-refractivity contribution >= 4 is 5.97 Å². The lowest BCUT2D eigenvalue weighted by Gasteiger charge is -2.24. The van der Waals surface area contributed by atoms with Gasteiger partial charge in [-0.05, 0) is 76.4 Å². The van der Waals surface area contributed by atoms with E-state index in [1.807, 2.05) is 69.3 Å². The number of esters is 1. The van der Waals surface area contributed by atoms with Gasteiger partial charge in [-0.3, -0.25) is 4.79 Å². The first-order valence-corrected chi connectivity index (χ1v) is 8.72. The molecule has 0 radical (unpaired) electrons. The van der Waals surface area contributed by atoms with Crippen LogP contribution in [0.15, 0.2) is 48.5 Å². The summed E-state index contributed by atoms with van der Waals surface area (Å²) in [6, 6.07) is 15.6. The van der Waals surface area contributed by atoms with Gasteiger partial charge in [-0.15, -0.1) is 0 Å². The smallest absolute Gasteiger partial charge is 0.316 e. The lowest BCUT2D eigenvalue weighted by atomic mass is 9.97. The maximum absolute atomic E-state index is 11.9. The van der Waals surface area contributed by atoms with E-state index in [4.69, 9.17) is 9.47 Å². The van der Waals surface area contributed by atoms with Crippen molar-refractivity contribution in [1.82, 2.24) is 0 Å². The molecule has 0 aliphatic carbocycles. The molecule has 3 nitrogen and oxygen atoms in total. The quantitative estimate of drug-likeness (QED) is 0.504. The summed E-state index contributed by atoms with van der Waals surface area (Å²) in [5, 5.41) is 0. The summed E-state index contributed by atoms with van der Waals surface area (Å²) in [5.74, 6) is 1.19. The van der Waals surface area contributed by atoms with Gasteiger partial charge < -0.3 is 9.47 Å². The Bertz CT molecular complexity index is 704. The second kappa shape index (κ2) is 7.30. The highest BCUT2D eigenvalue weighted by Crippen LogP contribution is 2.27. The van der Waals surface area contributed by atoms with Gasteiger partial charge in [0.25, 0.3) is 0 Å². The van der Waals surface area contributed by atoms with E-state index in [1.165, 1.54) is 0 Å². The highest BCUT2D eigenvalue weighted by atomic mass is 16.5. The zero-order valence-electron chi connectivity index (χ0n) is 16.1. The molecule has 3 heteroatoms. The van der Waals surface area contributed by atoms with Crippen molar-refractivity contribution in [3.05, 3.63) is 48.5 Å². The molecule has 2 aromatic rings. The third-order valence-electron chi connectivity index (χ3n) is 4.11. The third-order valence-corrected chi connectivity index (χ3v) is 4.11. The van der Waals surface area contributed by atoms with E-state index in [2.05, 4.69) is 20.8 Å². The first kappa shape index (κ1) is 19.0. The Morgan fingerprint density at radius 3 is 1.64 bits per heavy atom. The molecule has 0 aliphatic rings. The lowest BCUT2D eigenvalue weighted by Crippen LogP contribution is -2.26. The van der Waals surface area contributed by atoms with Gasteiger partial charge >= 0.3 is 5.97 Å². The second-order valence-electron chi connectivity index (χ2n) is 7.90. The fourth-order valence-electron chi connectivity index (χ4n) is 2.08. The average molecular weight is 340 g/mol. The molecule has 2 rings (SSSR count). The van der Waals surface area contributed by atoms with Crippen molar-refractivity contribution in [2.45, 2.75) is 53.6 Å². The minimum Gasteiger partial charge on any atom is -0.488 e. The molecular formula is C22H28O3. The van der Waals surface area contributed by atoms with Gasteiger partial charge in [0, 0.05) is 0 Å². The highest BCUT2D eigenvalue weighted by molar-refractivity contribution is 5.78. The second-order valence-corrected chi connectivity index (χ2v) is 7.90. The summed E-state index contributed by atoms with van der Waals surface area (Å²) in [5.41, 5.74) is 1.48. The van der Waals surface area contributed by atoms with E-state index < -0.39 is 5.41 Å². The van der Waals surface area contributed by atoms with Crippen molar-refractivity contribution < 1.29 is 14.3 Å². The summed E-state index contributed by atoms with van der Waals surface area (Å²) in [4.78, 5) is 11.9. The van der Waals surface area contributed by atoms with Crippen LogP contribution >= 0.6 is 0 Å². The molecule has 0 N–H and O–H groups in total. The topological polar surface area (TPSA) is 35.5 Å². The summed E-state index contributed by atoms with van der Waals surface area (Å²) in [7, 11) is 0. The molecule has 0 aromatic heterocycles. The van der Waals surface area contributed by atoms with Gasteiger partial charge in [0.1, 0.15) is 17.1 Å². The van der Waals surface area contributed by atoms with Crippen molar-refractivity contribution in [1.29, 1.82) is 0 Å². The zero-order valence-corrected chi connectivity index (χ0v) is 16.1. The summed E-state index contributed by atoms with van der Waals surface area (Å²) in [6.07, 6.45) is 0.948. The molecule has 0 unspecified atom stereocenters. The van der Waals surface area contributed by atoms with E-state index in [0.717, 1.165) is 23.3 Å². The van der Waals surface area contributed by atoms with Gasteiger partial charge in [-0.1, -0.05) is 31.2 Å². The first-order chi connectivity index (χ1) is 11.6. The van der Waals surface area contributed by atoms with Crippen LogP contribution in [0.1, 0.15) is 48.0 Å². The zero-order chi connectivity index (χ0) is 18.7. The van der Waals surface area contributed by atoms with Gasteiger partial charge in [0.15, 0.2) is 0 Å². The van der Waals surface area contributed by atoms with E-state index in [1.54, 1.807) is 0 Å². The monoisotopic (exact) mass is 340 g/mol. The molecule has 0 heterocycles. The number of carbonyl (C=O) groups excluding carboxylic acids is 1. The highest BCUT2D eigenvalue weighted by Gasteiger charge is 2.23. The number of hydrogen-bond donors (Lipinski definition) is 0. The fraction of sp³-hybridized carbons (Fsp3) is 0.409. The van der Waals surface area contributed by atoms with Gasteiger partial charge in [0.05, 0.1) is 5.41 Å². The van der Waals surface area contributed by atoms with Crippen LogP contribution < -0.4 is 9.47 Å². The van der Waals surface area contributed by atoms with Crippen molar-refractivity contribution in [2.24, 2.45) is 5.41 Å². The van der Waals surface area contributed by atoms with Gasteiger partial charge in [-0.2, -0.15) is 0 Å². The summed E-state index contributed by atoms with van der Waals surface area (Å²) < 4.78 is 11.4. The van der Waals surface area contributed by atoms with Crippen molar-refractivity contribution in [2.75, 3.05) is 0 Å². The lowest BCUT2D eigenvalue weighted by molar-refractivity contribution is -0.142. The van der Waals surface area contributed by atoms with Gasteiger partial charge in [0.2, 0.25) is 0 Å². The molecule has 0 bridgehead atoms. The molecule has 0 fully saturated rings. The number of hydrogen-bond acceptors (Lipinski definition) is 3. The standard InChI is InChI=1S/C22H28O3/c1-7-22(5,6)25-19-14-10-17(11-15-19)16-8-12-18(13-9-16)24-20(23)21(2,3)4/h8-15H,7H2,1-6H3. The summed E-state index contributed by atoms with van der Waals surface area (Å²) in [6.45, 7) is 11.8. The van der Waals surface area contributed by atoms with E-state index >= 15 is 0 Å². The maximum atomic E-state index is 11.9. The van der Waals surface area contributed by atoms with Crippen LogP contribution in [0.2, 0.25) is 0 Å². The molecule has 25 heavy (non-hydrogen) atoms. The normalized spacial score (nSPS) is 11.9. The van der Waals surface area contributed by atoms with Crippen molar-refractivity contribution in [3.63, 3.8) is 0 Å². The molecule has 0 spiro atoms. The predicted octanol–water partition coefficient (Wildman–Crippen LogP) is 5.87. The fourth-order valence-corrected chi connectivity index (χ4v) is 2.08. The third kappa shape index (κ3) is 5.35. The molecule has 0 aliphatic heterocycles. The Morgan fingerprint density at radius 2 is 1.24 bits per heavy atom. The number of benzene rings is 2. The first-order valence-electron chi connectivity index (χ1n) is 8.72. The van der Waals surface area contributed by atoms with Gasteiger partial charge in [-0.25, -0.2) is 0 Å². The molecule has 0 atom stereocenters. The molecule has 0 saturated carbocycles. The number of ether oxygens (including phenoxy) is 2. The molecular weight excluding hydrogens is 312 g/mol. The van der Waals surface area contributed by atoms with Crippen molar-refractivity contribution in [3.8, 4) is 22.6 Å². The minimum atomic E-state index is -0.513. The maximum Gasteiger partial charge on any atom is 0.316 e. The predicted molar refractivity (Wildman–Crippen MR) is 102 cm³/mol. The molecule has 134 valence electrons. The Kier molecular flexibility index (Phi) is 5.56. The van der Waals surface area contributed by atoms with Crippen LogP contribution in [-0.2, 0) is 4.79 Å². The molecule has 0 amide bonds.